The summed E-state index contributed by atoms with van der Waals surface area (Å²) < 4.78 is -0.505. The Morgan fingerprint density at radius 1 is 1.22 bits per heavy atom. The van der Waals surface area contributed by atoms with Gasteiger partial charge in [-0.15, -0.1) is 23.2 Å². The summed E-state index contributed by atoms with van der Waals surface area (Å²) in [6, 6.07) is 0. The van der Waals surface area contributed by atoms with Crippen molar-refractivity contribution in [3.63, 3.8) is 0 Å². The van der Waals surface area contributed by atoms with Crippen LogP contribution in [-0.2, 0) is 0 Å². The minimum atomic E-state index is -0.505. The van der Waals surface area contributed by atoms with Gasteiger partial charge in [-0.1, -0.05) is 26.2 Å². The minimum absolute atomic E-state index is 0.505. The van der Waals surface area contributed by atoms with E-state index in [0.29, 0.717) is 0 Å². The van der Waals surface area contributed by atoms with E-state index in [9.17, 15) is 0 Å². The molecule has 0 unspecified atom stereocenters. The summed E-state index contributed by atoms with van der Waals surface area (Å²) in [5, 5.41) is 0. The molecule has 0 aliphatic heterocycles. The van der Waals surface area contributed by atoms with Gasteiger partial charge in [0.25, 0.3) is 0 Å². The topological polar surface area (TPSA) is 0 Å². The van der Waals surface area contributed by atoms with Crippen LogP contribution in [0, 0.1) is 0 Å². The zero-order valence-corrected chi connectivity index (χ0v) is 7.60. The monoisotopic (exact) mass is 168 g/mol. The Morgan fingerprint density at radius 3 is 2.11 bits per heavy atom. The second kappa shape index (κ2) is 4.40. The van der Waals surface area contributed by atoms with Gasteiger partial charge in [0.2, 0.25) is 0 Å². The highest BCUT2D eigenvalue weighted by Crippen LogP contribution is 2.26. The summed E-state index contributed by atoms with van der Waals surface area (Å²) in [6.45, 7) is 4.01. The molecule has 56 valence electrons. The van der Waals surface area contributed by atoms with Gasteiger partial charge in [-0.05, 0) is 13.3 Å². The lowest BCUT2D eigenvalue weighted by Crippen LogP contribution is -2.04. The predicted octanol–water partition coefficient (Wildman–Crippen LogP) is 3.76. The Bertz CT molecular complexity index is 63.8. The van der Waals surface area contributed by atoms with E-state index in [2.05, 4.69) is 6.92 Å². The molecule has 9 heavy (non-hydrogen) atoms. The first-order valence-corrected chi connectivity index (χ1v) is 4.19. The first-order chi connectivity index (χ1) is 4.06. The van der Waals surface area contributed by atoms with E-state index >= 15 is 0 Å². The van der Waals surface area contributed by atoms with E-state index < -0.39 is 4.33 Å². The predicted molar refractivity (Wildman–Crippen MR) is 44.3 cm³/mol. The standard InChI is InChI=1S/C7H14Cl2/c1-3-4-5-6-7(2,8)9/h3-6H2,1-2H3. The van der Waals surface area contributed by atoms with E-state index in [1.807, 2.05) is 6.92 Å². The summed E-state index contributed by atoms with van der Waals surface area (Å²) in [4.78, 5) is 0. The zero-order valence-electron chi connectivity index (χ0n) is 6.08. The van der Waals surface area contributed by atoms with Gasteiger partial charge in [0.05, 0.1) is 0 Å². The molecule has 0 aliphatic carbocycles. The van der Waals surface area contributed by atoms with Crippen LogP contribution in [0.5, 0.6) is 0 Å². The Kier molecular flexibility index (Phi) is 4.69. The van der Waals surface area contributed by atoms with E-state index in [1.165, 1.54) is 12.8 Å². The van der Waals surface area contributed by atoms with Crippen molar-refractivity contribution in [1.82, 2.24) is 0 Å². The van der Waals surface area contributed by atoms with Crippen molar-refractivity contribution in [3.05, 3.63) is 0 Å². The molecular weight excluding hydrogens is 155 g/mol. The van der Waals surface area contributed by atoms with Gasteiger partial charge >= 0.3 is 0 Å². The maximum Gasteiger partial charge on any atom is 0.115 e. The van der Waals surface area contributed by atoms with Crippen molar-refractivity contribution < 1.29 is 0 Å². The minimum Gasteiger partial charge on any atom is -0.102 e. The van der Waals surface area contributed by atoms with E-state index in [4.69, 9.17) is 23.2 Å². The van der Waals surface area contributed by atoms with Crippen LogP contribution in [0.2, 0.25) is 0 Å². The largest absolute Gasteiger partial charge is 0.115 e. The van der Waals surface area contributed by atoms with Crippen LogP contribution >= 0.6 is 23.2 Å². The highest BCUT2D eigenvalue weighted by atomic mass is 35.5. The first-order valence-electron chi connectivity index (χ1n) is 3.44. The maximum absolute atomic E-state index is 5.73. The SMILES string of the molecule is CCCCCC(C)(Cl)Cl. The number of halogens is 2. The molecule has 0 heterocycles. The van der Waals surface area contributed by atoms with Crippen LogP contribution < -0.4 is 0 Å². The van der Waals surface area contributed by atoms with Gasteiger partial charge in [-0.3, -0.25) is 0 Å². The molecule has 0 amide bonds. The molecule has 0 N–H and O–H groups in total. The van der Waals surface area contributed by atoms with E-state index in [1.54, 1.807) is 0 Å². The van der Waals surface area contributed by atoms with E-state index in [-0.39, 0.29) is 0 Å². The van der Waals surface area contributed by atoms with Crippen molar-refractivity contribution in [1.29, 1.82) is 0 Å². The summed E-state index contributed by atoms with van der Waals surface area (Å²) in [5.41, 5.74) is 0. The second-order valence-electron chi connectivity index (χ2n) is 2.53. The molecule has 0 saturated heterocycles. The normalized spacial score (nSPS) is 12.0. The zero-order chi connectivity index (χ0) is 7.33. The molecule has 0 saturated carbocycles. The van der Waals surface area contributed by atoms with Crippen LogP contribution in [0.25, 0.3) is 0 Å². The van der Waals surface area contributed by atoms with Crippen molar-refractivity contribution in [2.45, 2.75) is 43.9 Å². The molecule has 0 aromatic carbocycles. The quantitative estimate of drug-likeness (QED) is 0.444. The molecule has 0 atom stereocenters. The lowest BCUT2D eigenvalue weighted by Gasteiger charge is -2.11. The van der Waals surface area contributed by atoms with Gasteiger partial charge in [0.1, 0.15) is 4.33 Å². The fourth-order valence-electron chi connectivity index (χ4n) is 0.685. The molecule has 0 aromatic heterocycles. The molecule has 0 aromatic rings. The lowest BCUT2D eigenvalue weighted by molar-refractivity contribution is 0.634. The summed E-state index contributed by atoms with van der Waals surface area (Å²) in [6.07, 6.45) is 4.50. The number of alkyl halides is 2. The van der Waals surface area contributed by atoms with Gasteiger partial charge < -0.3 is 0 Å². The molecule has 0 bridgehead atoms. The molecule has 0 radical (unpaired) electrons. The third-order valence-corrected chi connectivity index (χ3v) is 1.60. The summed E-state index contributed by atoms with van der Waals surface area (Å²) in [7, 11) is 0. The number of hydrogen-bond acceptors (Lipinski definition) is 0. The van der Waals surface area contributed by atoms with Gasteiger partial charge in [0, 0.05) is 0 Å². The molecule has 2 heteroatoms. The maximum atomic E-state index is 5.73. The smallest absolute Gasteiger partial charge is 0.102 e. The number of unbranched alkanes of at least 4 members (excludes halogenated alkanes) is 2. The fourth-order valence-corrected chi connectivity index (χ4v) is 0.953. The molecular formula is C7H14Cl2. The molecule has 0 nitrogen and oxygen atoms in total. The van der Waals surface area contributed by atoms with Crippen LogP contribution in [0.15, 0.2) is 0 Å². The van der Waals surface area contributed by atoms with Crippen LogP contribution in [-0.4, -0.2) is 4.33 Å². The first kappa shape index (κ1) is 9.58. The third kappa shape index (κ3) is 8.58. The van der Waals surface area contributed by atoms with Gasteiger partial charge in [0.15, 0.2) is 0 Å². The highest BCUT2D eigenvalue weighted by Gasteiger charge is 2.14. The Balaban J connectivity index is 3.07. The molecule has 0 aliphatic rings. The summed E-state index contributed by atoms with van der Waals surface area (Å²) in [5.74, 6) is 0. The number of hydrogen-bond donors (Lipinski definition) is 0. The van der Waals surface area contributed by atoms with Crippen molar-refractivity contribution >= 4 is 23.2 Å². The average molecular weight is 169 g/mol. The van der Waals surface area contributed by atoms with Gasteiger partial charge in [-0.2, -0.15) is 0 Å². The third-order valence-electron chi connectivity index (χ3n) is 1.22. The van der Waals surface area contributed by atoms with Gasteiger partial charge in [-0.25, -0.2) is 0 Å². The Morgan fingerprint density at radius 2 is 1.78 bits per heavy atom. The molecule has 0 rings (SSSR count). The highest BCUT2D eigenvalue weighted by molar-refractivity contribution is 6.48. The fraction of sp³-hybridized carbons (Fsp3) is 1.00. The molecule has 0 fully saturated rings. The van der Waals surface area contributed by atoms with E-state index in [0.717, 1.165) is 12.8 Å². The van der Waals surface area contributed by atoms with Crippen molar-refractivity contribution in [2.24, 2.45) is 0 Å². The second-order valence-corrected chi connectivity index (χ2v) is 4.39. The number of rotatable bonds is 4. The van der Waals surface area contributed by atoms with Crippen molar-refractivity contribution in [2.75, 3.05) is 0 Å². The Labute approximate surface area is 67.5 Å². The lowest BCUT2D eigenvalue weighted by atomic mass is 10.2. The average Bonchev–Trinajstić information content (AvgIpc) is 1.63. The van der Waals surface area contributed by atoms with Crippen LogP contribution in [0.1, 0.15) is 39.5 Å². The van der Waals surface area contributed by atoms with Crippen molar-refractivity contribution in [3.8, 4) is 0 Å². The molecule has 0 spiro atoms. The Hall–Kier alpha value is 0.580. The van der Waals surface area contributed by atoms with Crippen LogP contribution in [0.4, 0.5) is 0 Å². The van der Waals surface area contributed by atoms with Crippen LogP contribution in [0.3, 0.4) is 0 Å². The summed E-state index contributed by atoms with van der Waals surface area (Å²) >= 11 is 11.5.